The van der Waals surface area contributed by atoms with E-state index in [1.807, 2.05) is 38.1 Å². The standard InChI is InChI=1S/C29H28ClNO5/c1-16-9-11-20(17(2)13-16)31-26(34)15-35-23-12-10-18(14-19(23)30)27-28-21(32)5-3-7-24(28)36-25-8-4-6-22(33)29(25)27/h9-14,27H,3-8,15H2,1-2H3,(H,31,34). The molecular formula is C29H28ClNO5. The topological polar surface area (TPSA) is 81.7 Å². The van der Waals surface area contributed by atoms with E-state index in [0.29, 0.717) is 59.1 Å². The third kappa shape index (κ3) is 4.70. The van der Waals surface area contributed by atoms with E-state index in [4.69, 9.17) is 21.1 Å². The van der Waals surface area contributed by atoms with E-state index in [1.54, 1.807) is 12.1 Å². The van der Waals surface area contributed by atoms with E-state index in [9.17, 15) is 14.4 Å². The predicted molar refractivity (Wildman–Crippen MR) is 137 cm³/mol. The van der Waals surface area contributed by atoms with Crippen molar-refractivity contribution in [2.24, 2.45) is 0 Å². The Bertz CT molecular complexity index is 1300. The number of carbonyl (C=O) groups is 3. The number of rotatable bonds is 5. The van der Waals surface area contributed by atoms with E-state index in [2.05, 4.69) is 5.32 Å². The van der Waals surface area contributed by atoms with Crippen LogP contribution in [0.5, 0.6) is 5.75 Å². The number of nitrogens with one attached hydrogen (secondary N) is 1. The zero-order chi connectivity index (χ0) is 25.4. The number of anilines is 1. The molecule has 1 N–H and O–H groups in total. The maximum atomic E-state index is 12.9. The number of ketones is 2. The number of aryl methyl sites for hydroxylation is 2. The summed E-state index contributed by atoms with van der Waals surface area (Å²) in [6.07, 6.45) is 3.76. The first-order valence-electron chi connectivity index (χ1n) is 12.3. The van der Waals surface area contributed by atoms with Gasteiger partial charge in [0.15, 0.2) is 18.2 Å². The minimum atomic E-state index is -0.483. The van der Waals surface area contributed by atoms with Gasteiger partial charge in [-0.3, -0.25) is 14.4 Å². The van der Waals surface area contributed by atoms with Gasteiger partial charge in [0.25, 0.3) is 5.91 Å². The molecule has 186 valence electrons. The Balaban J connectivity index is 1.37. The van der Waals surface area contributed by atoms with Crippen LogP contribution in [0.3, 0.4) is 0 Å². The second kappa shape index (κ2) is 9.94. The molecule has 1 aliphatic heterocycles. The summed E-state index contributed by atoms with van der Waals surface area (Å²) in [5, 5.41) is 3.17. The smallest absolute Gasteiger partial charge is 0.262 e. The van der Waals surface area contributed by atoms with Crippen LogP contribution in [0.15, 0.2) is 59.1 Å². The highest BCUT2D eigenvalue weighted by molar-refractivity contribution is 6.32. The van der Waals surface area contributed by atoms with E-state index in [1.165, 1.54) is 0 Å². The number of ether oxygens (including phenoxy) is 2. The van der Waals surface area contributed by atoms with Crippen molar-refractivity contribution in [3.05, 3.63) is 80.8 Å². The average Bonchev–Trinajstić information content (AvgIpc) is 2.84. The van der Waals surface area contributed by atoms with E-state index in [-0.39, 0.29) is 24.1 Å². The summed E-state index contributed by atoms with van der Waals surface area (Å²) in [5.41, 5.74) is 4.73. The van der Waals surface area contributed by atoms with Crippen molar-refractivity contribution in [2.75, 3.05) is 11.9 Å². The van der Waals surface area contributed by atoms with Crippen LogP contribution in [0.2, 0.25) is 5.02 Å². The molecule has 7 heteroatoms. The third-order valence-corrected chi connectivity index (χ3v) is 7.24. The van der Waals surface area contributed by atoms with Crippen LogP contribution in [0.1, 0.15) is 61.1 Å². The highest BCUT2D eigenvalue weighted by Crippen LogP contribution is 2.48. The SMILES string of the molecule is Cc1ccc(NC(=O)COc2ccc(C3C4=C(CCCC4=O)OC4=C3C(=O)CCC4)cc2Cl)c(C)c1. The Morgan fingerprint density at radius 2 is 1.64 bits per heavy atom. The summed E-state index contributed by atoms with van der Waals surface area (Å²) in [6.45, 7) is 3.73. The number of benzene rings is 2. The van der Waals surface area contributed by atoms with E-state index < -0.39 is 5.92 Å². The maximum Gasteiger partial charge on any atom is 0.262 e. The summed E-state index contributed by atoms with van der Waals surface area (Å²) < 4.78 is 11.8. The molecule has 2 aromatic rings. The minimum Gasteiger partial charge on any atom is -0.482 e. The van der Waals surface area contributed by atoms with Crippen LogP contribution < -0.4 is 10.1 Å². The molecule has 0 fully saturated rings. The number of Topliss-reactive ketones (excluding diaryl/α,β-unsaturated/α-hetero) is 2. The van der Waals surface area contributed by atoms with Crippen molar-refractivity contribution in [1.82, 2.24) is 0 Å². The Labute approximate surface area is 215 Å². The molecule has 5 rings (SSSR count). The molecule has 1 amide bonds. The number of hydrogen-bond acceptors (Lipinski definition) is 5. The number of amides is 1. The molecule has 36 heavy (non-hydrogen) atoms. The summed E-state index contributed by atoms with van der Waals surface area (Å²) in [6, 6.07) is 11.0. The van der Waals surface area contributed by atoms with Crippen molar-refractivity contribution in [1.29, 1.82) is 0 Å². The molecule has 0 saturated heterocycles. The fraction of sp³-hybridized carbons (Fsp3) is 0.345. The lowest BCUT2D eigenvalue weighted by Gasteiger charge is -2.36. The van der Waals surface area contributed by atoms with Gasteiger partial charge in [-0.25, -0.2) is 0 Å². The molecule has 0 atom stereocenters. The normalized spacial score (nSPS) is 18.0. The van der Waals surface area contributed by atoms with Gasteiger partial charge in [0, 0.05) is 48.4 Å². The largest absolute Gasteiger partial charge is 0.482 e. The molecular weight excluding hydrogens is 478 g/mol. The van der Waals surface area contributed by atoms with Crippen LogP contribution >= 0.6 is 11.6 Å². The van der Waals surface area contributed by atoms with Gasteiger partial charge >= 0.3 is 0 Å². The minimum absolute atomic E-state index is 0.0192. The Kier molecular flexibility index (Phi) is 6.71. The van der Waals surface area contributed by atoms with E-state index in [0.717, 1.165) is 35.2 Å². The first-order chi connectivity index (χ1) is 17.3. The van der Waals surface area contributed by atoms with Crippen molar-refractivity contribution in [2.45, 2.75) is 58.3 Å². The Morgan fingerprint density at radius 1 is 0.972 bits per heavy atom. The van der Waals surface area contributed by atoms with Crippen LogP contribution in [-0.2, 0) is 19.1 Å². The molecule has 3 aliphatic rings. The summed E-state index contributed by atoms with van der Waals surface area (Å²) in [4.78, 5) is 38.3. The van der Waals surface area contributed by atoms with Crippen molar-refractivity contribution >= 4 is 34.8 Å². The summed E-state index contributed by atoms with van der Waals surface area (Å²) in [7, 11) is 0. The quantitative estimate of drug-likeness (QED) is 0.530. The Hall–Kier alpha value is -3.38. The lowest BCUT2D eigenvalue weighted by Crippen LogP contribution is -2.30. The van der Waals surface area contributed by atoms with Crippen molar-refractivity contribution in [3.63, 3.8) is 0 Å². The highest BCUT2D eigenvalue weighted by atomic mass is 35.5. The third-order valence-electron chi connectivity index (χ3n) is 6.94. The fourth-order valence-electron chi connectivity index (χ4n) is 5.25. The molecule has 2 aromatic carbocycles. The van der Waals surface area contributed by atoms with Gasteiger partial charge in [0.2, 0.25) is 0 Å². The molecule has 0 aromatic heterocycles. The van der Waals surface area contributed by atoms with Gasteiger partial charge in [-0.15, -0.1) is 0 Å². The van der Waals surface area contributed by atoms with Crippen molar-refractivity contribution in [3.8, 4) is 5.75 Å². The van der Waals surface area contributed by atoms with Gasteiger partial charge in [-0.05, 0) is 56.0 Å². The predicted octanol–water partition coefficient (Wildman–Crippen LogP) is 6.10. The Morgan fingerprint density at radius 3 is 2.25 bits per heavy atom. The second-order valence-corrected chi connectivity index (χ2v) is 10.0. The molecule has 1 heterocycles. The fourth-order valence-corrected chi connectivity index (χ4v) is 5.49. The summed E-state index contributed by atoms with van der Waals surface area (Å²) >= 11 is 6.57. The number of carbonyl (C=O) groups excluding carboxylic acids is 3. The van der Waals surface area contributed by atoms with Crippen molar-refractivity contribution < 1.29 is 23.9 Å². The number of allylic oxidation sites excluding steroid dienone is 4. The average molecular weight is 506 g/mol. The van der Waals surface area contributed by atoms with Gasteiger partial charge in [-0.1, -0.05) is 35.4 Å². The van der Waals surface area contributed by atoms with Crippen LogP contribution in [-0.4, -0.2) is 24.1 Å². The molecule has 2 aliphatic carbocycles. The molecule has 0 radical (unpaired) electrons. The van der Waals surface area contributed by atoms with Gasteiger partial charge in [0.05, 0.1) is 5.02 Å². The molecule has 0 bridgehead atoms. The van der Waals surface area contributed by atoms with Crippen LogP contribution in [0.25, 0.3) is 0 Å². The van der Waals surface area contributed by atoms with Crippen LogP contribution in [0, 0.1) is 13.8 Å². The summed E-state index contributed by atoms with van der Waals surface area (Å²) in [5.74, 6) is 0.988. The zero-order valence-corrected chi connectivity index (χ0v) is 21.2. The first-order valence-corrected chi connectivity index (χ1v) is 12.7. The second-order valence-electron chi connectivity index (χ2n) is 9.61. The maximum absolute atomic E-state index is 12.9. The molecule has 0 spiro atoms. The zero-order valence-electron chi connectivity index (χ0n) is 20.4. The number of halogens is 1. The highest BCUT2D eigenvalue weighted by Gasteiger charge is 2.41. The van der Waals surface area contributed by atoms with E-state index >= 15 is 0 Å². The molecule has 6 nitrogen and oxygen atoms in total. The van der Waals surface area contributed by atoms with Gasteiger partial charge < -0.3 is 14.8 Å². The monoisotopic (exact) mass is 505 g/mol. The van der Waals surface area contributed by atoms with Gasteiger partial charge in [-0.2, -0.15) is 0 Å². The number of hydrogen-bond donors (Lipinski definition) is 1. The lowest BCUT2D eigenvalue weighted by atomic mass is 9.73. The van der Waals surface area contributed by atoms with Gasteiger partial charge in [0.1, 0.15) is 17.3 Å². The first kappa shape index (κ1) is 24.3. The molecule has 0 unspecified atom stereocenters. The molecule has 0 saturated carbocycles. The van der Waals surface area contributed by atoms with Crippen LogP contribution in [0.4, 0.5) is 5.69 Å². The lowest BCUT2D eigenvalue weighted by molar-refractivity contribution is -0.119.